The zero-order valence-corrected chi connectivity index (χ0v) is 16.5. The van der Waals surface area contributed by atoms with Gasteiger partial charge in [0, 0.05) is 31.3 Å². The summed E-state index contributed by atoms with van der Waals surface area (Å²) < 4.78 is 7.26. The molecule has 0 fully saturated rings. The summed E-state index contributed by atoms with van der Waals surface area (Å²) in [5.41, 5.74) is 15.9. The zero-order valence-electron chi connectivity index (χ0n) is 16.5. The van der Waals surface area contributed by atoms with E-state index in [-0.39, 0.29) is 6.61 Å². The standard InChI is InChI=1S/C19H23N9O2/c1-30-12-15-8-22-17-3-2-13(10-27(15)17)11-28-19-18(25-26-28)23-9-16(24-19)14(6-20)7-21-4-5-29/h2-3,6-10,26,29H,4-5,11-12,20H2,1H3,(H,23,25). The molecule has 0 radical (unpaired) electrons. The third-order valence-electron chi connectivity index (χ3n) is 4.53. The second kappa shape index (κ2) is 8.86. The average molecular weight is 409 g/mol. The largest absolute Gasteiger partial charge is 0.404 e. The highest BCUT2D eigenvalue weighted by Gasteiger charge is 2.23. The lowest BCUT2D eigenvalue weighted by atomic mass is 10.2. The summed E-state index contributed by atoms with van der Waals surface area (Å²) in [6, 6.07) is 3.98. The van der Waals surface area contributed by atoms with Crippen LogP contribution in [-0.4, -0.2) is 50.9 Å². The van der Waals surface area contributed by atoms with E-state index >= 15 is 0 Å². The number of fused-ring (bicyclic) bond motifs is 2. The first-order valence-corrected chi connectivity index (χ1v) is 9.36. The van der Waals surface area contributed by atoms with Crippen molar-refractivity contribution in [3.8, 4) is 0 Å². The number of hydrogen-bond acceptors (Lipinski definition) is 10. The molecule has 156 valence electrons. The number of hydrogen-bond donors (Lipinski definition) is 4. The predicted octanol–water partition coefficient (Wildman–Crippen LogP) is 0.485. The number of aliphatic hydroxyl groups excluding tert-OH is 1. The van der Waals surface area contributed by atoms with Crippen LogP contribution in [0.1, 0.15) is 17.0 Å². The lowest BCUT2D eigenvalue weighted by Crippen LogP contribution is -2.35. The number of ether oxygens (including phenoxy) is 1. The van der Waals surface area contributed by atoms with Crippen molar-refractivity contribution in [2.75, 3.05) is 30.7 Å². The van der Waals surface area contributed by atoms with E-state index in [2.05, 4.69) is 30.9 Å². The molecule has 5 N–H and O–H groups in total. The van der Waals surface area contributed by atoms with Gasteiger partial charge in [0.2, 0.25) is 0 Å². The first-order valence-electron chi connectivity index (χ1n) is 9.36. The average Bonchev–Trinajstić information content (AvgIpc) is 3.35. The minimum absolute atomic E-state index is 0.0286. The second-order valence-corrected chi connectivity index (χ2v) is 6.58. The Morgan fingerprint density at radius 1 is 1.33 bits per heavy atom. The van der Waals surface area contributed by atoms with Gasteiger partial charge < -0.3 is 20.0 Å². The molecule has 1 aliphatic heterocycles. The van der Waals surface area contributed by atoms with E-state index in [1.807, 2.05) is 33.9 Å². The minimum Gasteiger partial charge on any atom is -0.404 e. The Morgan fingerprint density at radius 3 is 3.03 bits per heavy atom. The van der Waals surface area contributed by atoms with Crippen LogP contribution < -0.4 is 21.7 Å². The molecule has 0 saturated carbocycles. The maximum atomic E-state index is 8.90. The van der Waals surface area contributed by atoms with Crippen molar-refractivity contribution in [2.24, 2.45) is 10.7 Å². The van der Waals surface area contributed by atoms with Gasteiger partial charge in [-0.05, 0) is 11.6 Å². The predicted molar refractivity (Wildman–Crippen MR) is 113 cm³/mol. The van der Waals surface area contributed by atoms with Crippen LogP contribution >= 0.6 is 0 Å². The Kier molecular flexibility index (Phi) is 5.84. The number of aromatic nitrogens is 4. The summed E-state index contributed by atoms with van der Waals surface area (Å²) >= 11 is 0. The van der Waals surface area contributed by atoms with Crippen LogP contribution in [0.25, 0.3) is 11.2 Å². The third-order valence-corrected chi connectivity index (χ3v) is 4.53. The molecule has 11 nitrogen and oxygen atoms in total. The fraction of sp³-hybridized carbons (Fsp3) is 0.263. The summed E-state index contributed by atoms with van der Waals surface area (Å²) in [5, 5.41) is 10.8. The fourth-order valence-electron chi connectivity index (χ4n) is 3.10. The number of aliphatic imine (C=N–C) groups is 1. The van der Waals surface area contributed by atoms with E-state index < -0.39 is 0 Å². The summed E-state index contributed by atoms with van der Waals surface area (Å²) in [7, 11) is 1.66. The van der Waals surface area contributed by atoms with Crippen LogP contribution in [0.2, 0.25) is 0 Å². The van der Waals surface area contributed by atoms with E-state index in [1.54, 1.807) is 19.5 Å². The van der Waals surface area contributed by atoms with Gasteiger partial charge in [0.25, 0.3) is 0 Å². The van der Waals surface area contributed by atoms with Crippen LogP contribution in [-0.2, 0) is 17.9 Å². The first kappa shape index (κ1) is 19.8. The number of imidazole rings is 1. The monoisotopic (exact) mass is 409 g/mol. The van der Waals surface area contributed by atoms with Crippen LogP contribution in [0.5, 0.6) is 0 Å². The van der Waals surface area contributed by atoms with Crippen LogP contribution in [0.15, 0.2) is 41.9 Å². The van der Waals surface area contributed by atoms with Gasteiger partial charge in [-0.15, -0.1) is 5.53 Å². The van der Waals surface area contributed by atoms with E-state index in [4.69, 9.17) is 15.6 Å². The topological polar surface area (TPSA) is 138 Å². The van der Waals surface area contributed by atoms with E-state index in [1.165, 1.54) is 6.20 Å². The molecule has 0 spiro atoms. The molecule has 0 amide bonds. The molecule has 4 rings (SSSR count). The molecule has 0 aromatic carbocycles. The number of rotatable bonds is 8. The Morgan fingerprint density at radius 2 is 2.23 bits per heavy atom. The SMILES string of the molecule is COCc1cnc2ccc(CN3NNc4ncc(C(C=NCCO)=CN)nc43)cn12. The van der Waals surface area contributed by atoms with Crippen molar-refractivity contribution in [1.82, 2.24) is 24.9 Å². The summed E-state index contributed by atoms with van der Waals surface area (Å²) in [5.74, 6) is 1.26. The van der Waals surface area contributed by atoms with E-state index in [0.717, 1.165) is 16.9 Å². The smallest absolute Gasteiger partial charge is 0.190 e. The molecule has 0 aliphatic carbocycles. The van der Waals surface area contributed by atoms with Gasteiger partial charge in [-0.1, -0.05) is 6.07 Å². The normalized spacial score (nSPS) is 13.9. The number of nitrogens with one attached hydrogen (secondary N) is 2. The van der Waals surface area contributed by atoms with Gasteiger partial charge in [0.1, 0.15) is 5.65 Å². The third kappa shape index (κ3) is 3.94. The molecular formula is C19H23N9O2. The van der Waals surface area contributed by atoms with Gasteiger partial charge in [0.15, 0.2) is 11.6 Å². The number of aliphatic hydroxyl groups is 1. The summed E-state index contributed by atoms with van der Waals surface area (Å²) in [6.07, 6.45) is 8.46. The molecular weight excluding hydrogens is 386 g/mol. The molecule has 0 atom stereocenters. The van der Waals surface area contributed by atoms with Crippen molar-refractivity contribution < 1.29 is 9.84 Å². The number of nitrogens with zero attached hydrogens (tertiary/aromatic N) is 6. The number of nitrogens with two attached hydrogens (primary N) is 1. The molecule has 4 heterocycles. The highest BCUT2D eigenvalue weighted by molar-refractivity contribution is 6.08. The summed E-state index contributed by atoms with van der Waals surface area (Å²) in [6.45, 7) is 1.29. The van der Waals surface area contributed by atoms with Gasteiger partial charge in [-0.3, -0.25) is 15.4 Å². The lowest BCUT2D eigenvalue weighted by Gasteiger charge is -2.17. The quantitative estimate of drug-likeness (QED) is 0.391. The number of anilines is 2. The number of hydrazine groups is 2. The van der Waals surface area contributed by atoms with Crippen molar-refractivity contribution in [2.45, 2.75) is 13.2 Å². The van der Waals surface area contributed by atoms with E-state index in [9.17, 15) is 0 Å². The molecule has 0 saturated heterocycles. The Labute approximate surface area is 172 Å². The molecule has 1 aliphatic rings. The van der Waals surface area contributed by atoms with Gasteiger partial charge in [-0.2, -0.15) is 0 Å². The highest BCUT2D eigenvalue weighted by atomic mass is 16.5. The number of pyridine rings is 1. The van der Waals surface area contributed by atoms with Crippen LogP contribution in [0, 0.1) is 0 Å². The van der Waals surface area contributed by atoms with Crippen molar-refractivity contribution in [1.29, 1.82) is 0 Å². The first-order chi connectivity index (χ1) is 14.7. The van der Waals surface area contributed by atoms with Crippen molar-refractivity contribution in [3.63, 3.8) is 0 Å². The Hall–Kier alpha value is -3.54. The molecule has 0 bridgehead atoms. The second-order valence-electron chi connectivity index (χ2n) is 6.58. The minimum atomic E-state index is -0.0286. The van der Waals surface area contributed by atoms with Gasteiger partial charge >= 0.3 is 0 Å². The number of methoxy groups -OCH3 is 1. The van der Waals surface area contributed by atoms with Crippen molar-refractivity contribution in [3.05, 3.63) is 53.9 Å². The van der Waals surface area contributed by atoms with Crippen molar-refractivity contribution >= 4 is 29.1 Å². The fourth-order valence-corrected chi connectivity index (χ4v) is 3.10. The lowest BCUT2D eigenvalue weighted by molar-refractivity contribution is 0.181. The van der Waals surface area contributed by atoms with Crippen LogP contribution in [0.4, 0.5) is 11.6 Å². The molecule has 11 heteroatoms. The Balaban J connectivity index is 1.58. The molecule has 3 aromatic rings. The number of allylic oxidation sites excluding steroid dienone is 1. The highest BCUT2D eigenvalue weighted by Crippen LogP contribution is 2.27. The Bertz CT molecular complexity index is 1090. The molecule has 30 heavy (non-hydrogen) atoms. The maximum Gasteiger partial charge on any atom is 0.190 e. The zero-order chi connectivity index (χ0) is 20.9. The van der Waals surface area contributed by atoms with E-state index in [0.29, 0.717) is 42.6 Å². The summed E-state index contributed by atoms with van der Waals surface area (Å²) in [4.78, 5) is 17.6. The van der Waals surface area contributed by atoms with Gasteiger partial charge in [-0.25, -0.2) is 15.0 Å². The maximum absolute atomic E-state index is 8.90. The van der Waals surface area contributed by atoms with Gasteiger partial charge in [0.05, 0.1) is 50.1 Å². The molecule has 3 aromatic heterocycles. The molecule has 0 unspecified atom stereocenters. The van der Waals surface area contributed by atoms with Crippen LogP contribution in [0.3, 0.4) is 0 Å².